The van der Waals surface area contributed by atoms with Crippen LogP contribution in [-0.4, -0.2) is 24.9 Å². The Kier molecular flexibility index (Phi) is 4.65. The van der Waals surface area contributed by atoms with E-state index in [9.17, 15) is 18.8 Å². The summed E-state index contributed by atoms with van der Waals surface area (Å²) >= 11 is 0. The summed E-state index contributed by atoms with van der Waals surface area (Å²) in [5.74, 6) is -1.10. The minimum Gasteiger partial charge on any atom is -0.451 e. The van der Waals surface area contributed by atoms with Crippen LogP contribution in [0.15, 0.2) is 63.8 Å². The van der Waals surface area contributed by atoms with Crippen molar-refractivity contribution in [3.63, 3.8) is 0 Å². The van der Waals surface area contributed by atoms with Crippen LogP contribution in [0.2, 0.25) is 0 Å². The van der Waals surface area contributed by atoms with Gasteiger partial charge in [0.15, 0.2) is 11.2 Å². The SMILES string of the molecule is O=C(NCC1CC(=O)N(c2ccc(F)cc2)C1)c1cc(=O)c2ccccc2o1. The molecule has 1 N–H and O–H groups in total. The van der Waals surface area contributed by atoms with Gasteiger partial charge in [0, 0.05) is 37.2 Å². The summed E-state index contributed by atoms with van der Waals surface area (Å²) < 4.78 is 18.6. The predicted octanol–water partition coefficient (Wildman–Crippen LogP) is 2.72. The zero-order valence-corrected chi connectivity index (χ0v) is 14.9. The van der Waals surface area contributed by atoms with Crippen LogP contribution >= 0.6 is 0 Å². The molecule has 3 aromatic rings. The quantitative estimate of drug-likeness (QED) is 0.755. The molecule has 7 heteroatoms. The van der Waals surface area contributed by atoms with Gasteiger partial charge >= 0.3 is 0 Å². The smallest absolute Gasteiger partial charge is 0.287 e. The van der Waals surface area contributed by atoms with Gasteiger partial charge in [0.2, 0.25) is 5.91 Å². The number of hydrogen-bond acceptors (Lipinski definition) is 4. The first-order valence-corrected chi connectivity index (χ1v) is 8.88. The molecule has 1 saturated heterocycles. The highest BCUT2D eigenvalue weighted by atomic mass is 19.1. The fraction of sp³-hybridized carbons (Fsp3) is 0.190. The number of hydrogen-bond donors (Lipinski definition) is 1. The van der Waals surface area contributed by atoms with Crippen molar-refractivity contribution in [2.45, 2.75) is 6.42 Å². The van der Waals surface area contributed by atoms with Crippen LogP contribution in [-0.2, 0) is 4.79 Å². The number of anilines is 1. The second-order valence-electron chi connectivity index (χ2n) is 6.73. The molecular formula is C21H17FN2O4. The number of fused-ring (bicyclic) bond motifs is 1. The van der Waals surface area contributed by atoms with Crippen molar-refractivity contribution in [2.24, 2.45) is 5.92 Å². The summed E-state index contributed by atoms with van der Waals surface area (Å²) in [6.45, 7) is 0.686. The molecule has 4 rings (SSSR count). The highest BCUT2D eigenvalue weighted by Gasteiger charge is 2.31. The van der Waals surface area contributed by atoms with E-state index >= 15 is 0 Å². The van der Waals surface area contributed by atoms with Crippen molar-refractivity contribution in [3.05, 3.63) is 76.4 Å². The standard InChI is InChI=1S/C21H17FN2O4/c22-14-5-7-15(8-6-14)24-12-13(9-20(24)26)11-23-21(27)19-10-17(25)16-3-1-2-4-18(16)28-19/h1-8,10,13H,9,11-12H2,(H,23,27). The molecule has 6 nitrogen and oxygen atoms in total. The first-order valence-electron chi connectivity index (χ1n) is 8.88. The van der Waals surface area contributed by atoms with E-state index in [0.717, 1.165) is 0 Å². The maximum Gasteiger partial charge on any atom is 0.287 e. The molecule has 1 aliphatic heterocycles. The van der Waals surface area contributed by atoms with Gasteiger partial charge < -0.3 is 14.6 Å². The lowest BCUT2D eigenvalue weighted by Gasteiger charge is -2.17. The van der Waals surface area contributed by atoms with Crippen LogP contribution in [0.5, 0.6) is 0 Å². The number of halogens is 1. The topological polar surface area (TPSA) is 79.6 Å². The average Bonchev–Trinajstić information content (AvgIpc) is 3.07. The Bertz CT molecular complexity index is 1110. The largest absolute Gasteiger partial charge is 0.451 e. The normalized spacial score (nSPS) is 16.5. The summed E-state index contributed by atoms with van der Waals surface area (Å²) in [5, 5.41) is 3.14. The number of carbonyl (C=O) groups excluding carboxylic acids is 2. The first kappa shape index (κ1) is 17.9. The van der Waals surface area contributed by atoms with Gasteiger partial charge in [-0.05, 0) is 36.4 Å². The van der Waals surface area contributed by atoms with Crippen molar-refractivity contribution in [2.75, 3.05) is 18.0 Å². The lowest BCUT2D eigenvalue weighted by molar-refractivity contribution is -0.117. The number of amides is 2. The monoisotopic (exact) mass is 380 g/mol. The van der Waals surface area contributed by atoms with E-state index in [2.05, 4.69) is 5.32 Å². The van der Waals surface area contributed by atoms with Crippen molar-refractivity contribution in [1.82, 2.24) is 5.32 Å². The third-order valence-electron chi connectivity index (χ3n) is 4.75. The maximum absolute atomic E-state index is 13.1. The van der Waals surface area contributed by atoms with Gasteiger partial charge in [0.1, 0.15) is 11.4 Å². The second-order valence-corrected chi connectivity index (χ2v) is 6.73. The van der Waals surface area contributed by atoms with Gasteiger partial charge in [0.05, 0.1) is 5.39 Å². The molecule has 0 saturated carbocycles. The van der Waals surface area contributed by atoms with Crippen LogP contribution in [0.25, 0.3) is 11.0 Å². The van der Waals surface area contributed by atoms with Crippen molar-refractivity contribution >= 4 is 28.5 Å². The Morgan fingerprint density at radius 2 is 1.89 bits per heavy atom. The Morgan fingerprint density at radius 3 is 2.68 bits per heavy atom. The minimum absolute atomic E-state index is 0.0663. The van der Waals surface area contributed by atoms with E-state index in [-0.39, 0.29) is 41.8 Å². The summed E-state index contributed by atoms with van der Waals surface area (Å²) in [6.07, 6.45) is 0.277. The molecule has 2 heterocycles. The number of nitrogens with zero attached hydrogens (tertiary/aromatic N) is 1. The molecule has 0 aliphatic carbocycles. The maximum atomic E-state index is 13.1. The Balaban J connectivity index is 1.42. The van der Waals surface area contributed by atoms with Gasteiger partial charge in [-0.25, -0.2) is 4.39 Å². The Hall–Kier alpha value is -3.48. The molecule has 2 aromatic carbocycles. The number of carbonyl (C=O) groups is 2. The van der Waals surface area contributed by atoms with Crippen molar-refractivity contribution < 1.29 is 18.4 Å². The number of nitrogens with one attached hydrogen (secondary N) is 1. The van der Waals surface area contributed by atoms with Crippen molar-refractivity contribution in [1.29, 1.82) is 0 Å². The van der Waals surface area contributed by atoms with Crippen LogP contribution in [0.1, 0.15) is 17.0 Å². The molecule has 1 fully saturated rings. The third kappa shape index (κ3) is 3.51. The predicted molar refractivity (Wildman–Crippen MR) is 102 cm³/mol. The van der Waals surface area contributed by atoms with Gasteiger partial charge in [0.25, 0.3) is 5.91 Å². The molecule has 0 radical (unpaired) electrons. The molecule has 1 aliphatic rings. The van der Waals surface area contributed by atoms with Crippen LogP contribution in [0.4, 0.5) is 10.1 Å². The zero-order chi connectivity index (χ0) is 19.7. The van der Waals surface area contributed by atoms with E-state index in [1.807, 2.05) is 0 Å². The fourth-order valence-corrected chi connectivity index (χ4v) is 3.33. The average molecular weight is 380 g/mol. The van der Waals surface area contributed by atoms with E-state index in [4.69, 9.17) is 4.42 Å². The summed E-state index contributed by atoms with van der Waals surface area (Å²) in [7, 11) is 0. The Labute approximate surface area is 159 Å². The van der Waals surface area contributed by atoms with Gasteiger partial charge in [-0.15, -0.1) is 0 Å². The van der Waals surface area contributed by atoms with E-state index in [0.29, 0.717) is 23.2 Å². The molecule has 1 atom stereocenters. The highest BCUT2D eigenvalue weighted by Crippen LogP contribution is 2.25. The fourth-order valence-electron chi connectivity index (χ4n) is 3.33. The Morgan fingerprint density at radius 1 is 1.14 bits per heavy atom. The van der Waals surface area contributed by atoms with E-state index in [1.54, 1.807) is 41.3 Å². The number of para-hydroxylation sites is 1. The summed E-state index contributed by atoms with van der Waals surface area (Å²) in [5.41, 5.74) is 0.685. The zero-order valence-electron chi connectivity index (χ0n) is 14.9. The van der Waals surface area contributed by atoms with E-state index < -0.39 is 5.91 Å². The third-order valence-corrected chi connectivity index (χ3v) is 4.75. The molecular weight excluding hydrogens is 363 g/mol. The minimum atomic E-state index is -0.504. The van der Waals surface area contributed by atoms with Gasteiger partial charge in [-0.2, -0.15) is 0 Å². The lowest BCUT2D eigenvalue weighted by Crippen LogP contribution is -2.31. The summed E-state index contributed by atoms with van der Waals surface area (Å²) in [6, 6.07) is 13.6. The first-order chi connectivity index (χ1) is 13.5. The number of benzene rings is 2. The second kappa shape index (κ2) is 7.26. The molecule has 0 bridgehead atoms. The van der Waals surface area contributed by atoms with Crippen LogP contribution in [0, 0.1) is 11.7 Å². The van der Waals surface area contributed by atoms with Gasteiger partial charge in [-0.3, -0.25) is 14.4 Å². The molecule has 1 unspecified atom stereocenters. The van der Waals surface area contributed by atoms with E-state index in [1.165, 1.54) is 18.2 Å². The highest BCUT2D eigenvalue weighted by molar-refractivity contribution is 5.96. The lowest BCUT2D eigenvalue weighted by atomic mass is 10.1. The van der Waals surface area contributed by atoms with Crippen LogP contribution in [0.3, 0.4) is 0 Å². The summed E-state index contributed by atoms with van der Waals surface area (Å²) in [4.78, 5) is 38.3. The molecule has 28 heavy (non-hydrogen) atoms. The molecule has 2 amide bonds. The molecule has 0 spiro atoms. The van der Waals surface area contributed by atoms with Crippen molar-refractivity contribution in [3.8, 4) is 0 Å². The van der Waals surface area contributed by atoms with Gasteiger partial charge in [-0.1, -0.05) is 12.1 Å². The number of rotatable bonds is 4. The molecule has 142 valence electrons. The van der Waals surface area contributed by atoms with Crippen LogP contribution < -0.4 is 15.6 Å². The molecule has 1 aromatic heterocycles.